The third-order valence-electron chi connectivity index (χ3n) is 3.49. The largest absolute Gasteiger partial charge is 0.495 e. The highest BCUT2D eigenvalue weighted by molar-refractivity contribution is 6.32. The van der Waals surface area contributed by atoms with Gasteiger partial charge in [-0.1, -0.05) is 23.7 Å². The van der Waals surface area contributed by atoms with Gasteiger partial charge < -0.3 is 4.74 Å². The highest BCUT2D eigenvalue weighted by Crippen LogP contribution is 2.36. The van der Waals surface area contributed by atoms with E-state index < -0.39 is 0 Å². The van der Waals surface area contributed by atoms with Crippen LogP contribution in [0.3, 0.4) is 0 Å². The predicted molar refractivity (Wildman–Crippen MR) is 77.4 cm³/mol. The van der Waals surface area contributed by atoms with Crippen LogP contribution in [0.1, 0.15) is 17.9 Å². The standard InChI is InChI=1S/C15H16ClNO2/c1-4-9-8-12(17-2)14(15(9)18)10-5-6-13(19-3)11(16)7-10/h4-7,9,14H,1,8H2,2-3H3. The summed E-state index contributed by atoms with van der Waals surface area (Å²) in [5.41, 5.74) is 1.75. The van der Waals surface area contributed by atoms with Crippen molar-refractivity contribution in [3.8, 4) is 5.75 Å². The second kappa shape index (κ2) is 5.57. The summed E-state index contributed by atoms with van der Waals surface area (Å²) in [6, 6.07) is 5.42. The van der Waals surface area contributed by atoms with Gasteiger partial charge in [0.2, 0.25) is 0 Å². The number of methoxy groups -OCH3 is 1. The van der Waals surface area contributed by atoms with Crippen LogP contribution in [0.25, 0.3) is 0 Å². The lowest BCUT2D eigenvalue weighted by molar-refractivity contribution is -0.120. The van der Waals surface area contributed by atoms with Crippen molar-refractivity contribution in [1.29, 1.82) is 0 Å². The third kappa shape index (κ3) is 2.43. The SMILES string of the molecule is C=CC1CC(=NC)C(c2ccc(OC)c(Cl)c2)C1=O. The number of ketones is 1. The molecule has 0 amide bonds. The Morgan fingerprint density at radius 2 is 2.26 bits per heavy atom. The third-order valence-corrected chi connectivity index (χ3v) is 3.79. The molecule has 0 aliphatic heterocycles. The van der Waals surface area contributed by atoms with Gasteiger partial charge in [-0.15, -0.1) is 6.58 Å². The Balaban J connectivity index is 2.42. The summed E-state index contributed by atoms with van der Waals surface area (Å²) in [5.74, 6) is 0.281. The predicted octanol–water partition coefficient (Wildman–Crippen LogP) is 3.28. The van der Waals surface area contributed by atoms with Gasteiger partial charge >= 0.3 is 0 Å². The number of aliphatic imine (C=N–C) groups is 1. The first kappa shape index (κ1) is 13.8. The summed E-state index contributed by atoms with van der Waals surface area (Å²) < 4.78 is 5.12. The van der Waals surface area contributed by atoms with E-state index in [2.05, 4.69) is 11.6 Å². The van der Waals surface area contributed by atoms with Crippen molar-refractivity contribution in [3.05, 3.63) is 41.4 Å². The number of carbonyl (C=O) groups excluding carboxylic acids is 1. The van der Waals surface area contributed by atoms with Crippen LogP contribution in [0.5, 0.6) is 5.75 Å². The molecule has 0 saturated heterocycles. The van der Waals surface area contributed by atoms with Gasteiger partial charge in [0, 0.05) is 18.7 Å². The van der Waals surface area contributed by atoms with E-state index in [1.54, 1.807) is 32.4 Å². The number of halogens is 1. The minimum Gasteiger partial charge on any atom is -0.495 e. The zero-order chi connectivity index (χ0) is 14.0. The number of ether oxygens (including phenoxy) is 1. The van der Waals surface area contributed by atoms with E-state index in [9.17, 15) is 4.79 Å². The number of carbonyl (C=O) groups is 1. The molecule has 0 heterocycles. The summed E-state index contributed by atoms with van der Waals surface area (Å²) in [7, 11) is 3.28. The monoisotopic (exact) mass is 277 g/mol. The van der Waals surface area contributed by atoms with Crippen LogP contribution in [0.15, 0.2) is 35.8 Å². The molecule has 0 aromatic heterocycles. The lowest BCUT2D eigenvalue weighted by atomic mass is 9.94. The Bertz CT molecular complexity index is 551. The van der Waals surface area contributed by atoms with E-state index >= 15 is 0 Å². The highest BCUT2D eigenvalue weighted by atomic mass is 35.5. The molecule has 0 radical (unpaired) electrons. The van der Waals surface area contributed by atoms with E-state index in [1.165, 1.54) is 0 Å². The van der Waals surface area contributed by atoms with Crippen molar-refractivity contribution < 1.29 is 9.53 Å². The molecule has 1 aromatic carbocycles. The van der Waals surface area contributed by atoms with E-state index in [-0.39, 0.29) is 17.6 Å². The van der Waals surface area contributed by atoms with Crippen LogP contribution >= 0.6 is 11.6 Å². The van der Waals surface area contributed by atoms with Crippen LogP contribution in [0, 0.1) is 5.92 Å². The fourth-order valence-corrected chi connectivity index (χ4v) is 2.73. The normalized spacial score (nSPS) is 24.8. The summed E-state index contributed by atoms with van der Waals surface area (Å²) in [6.45, 7) is 3.71. The molecule has 1 saturated carbocycles. The van der Waals surface area contributed by atoms with Crippen LogP contribution in [-0.4, -0.2) is 25.7 Å². The quantitative estimate of drug-likeness (QED) is 0.796. The molecule has 4 heteroatoms. The number of nitrogens with zero attached hydrogens (tertiary/aromatic N) is 1. The molecule has 19 heavy (non-hydrogen) atoms. The summed E-state index contributed by atoms with van der Waals surface area (Å²) in [4.78, 5) is 16.6. The van der Waals surface area contributed by atoms with Gasteiger partial charge in [0.1, 0.15) is 5.75 Å². The molecule has 1 aliphatic carbocycles. The molecule has 0 spiro atoms. The first-order valence-corrected chi connectivity index (χ1v) is 6.45. The minimum absolute atomic E-state index is 0.136. The number of allylic oxidation sites excluding steroid dienone is 1. The van der Waals surface area contributed by atoms with Gasteiger partial charge in [-0.3, -0.25) is 9.79 Å². The van der Waals surface area contributed by atoms with Crippen molar-refractivity contribution in [2.24, 2.45) is 10.9 Å². The van der Waals surface area contributed by atoms with Crippen molar-refractivity contribution >= 4 is 23.1 Å². The first-order chi connectivity index (χ1) is 9.12. The molecule has 0 N–H and O–H groups in total. The number of hydrogen-bond donors (Lipinski definition) is 0. The maximum atomic E-state index is 12.3. The lowest BCUT2D eigenvalue weighted by Crippen LogP contribution is -2.14. The van der Waals surface area contributed by atoms with Crippen molar-refractivity contribution in [2.75, 3.05) is 14.2 Å². The Labute approximate surface area is 117 Å². The molecule has 3 nitrogen and oxygen atoms in total. The minimum atomic E-state index is -0.309. The van der Waals surface area contributed by atoms with Gasteiger partial charge in [0.05, 0.1) is 18.1 Å². The number of rotatable bonds is 3. The van der Waals surface area contributed by atoms with Crippen molar-refractivity contribution in [3.63, 3.8) is 0 Å². The topological polar surface area (TPSA) is 38.7 Å². The molecule has 1 aromatic rings. The number of benzene rings is 1. The van der Waals surface area contributed by atoms with E-state index in [1.807, 2.05) is 6.07 Å². The van der Waals surface area contributed by atoms with Gasteiger partial charge in [0.25, 0.3) is 0 Å². The zero-order valence-electron chi connectivity index (χ0n) is 11.0. The fraction of sp³-hybridized carbons (Fsp3) is 0.333. The van der Waals surface area contributed by atoms with Crippen molar-refractivity contribution in [2.45, 2.75) is 12.3 Å². The Kier molecular flexibility index (Phi) is 4.05. The van der Waals surface area contributed by atoms with Gasteiger partial charge in [-0.2, -0.15) is 0 Å². The van der Waals surface area contributed by atoms with Crippen LogP contribution in [0.2, 0.25) is 5.02 Å². The molecule has 0 bridgehead atoms. The smallest absolute Gasteiger partial charge is 0.153 e. The lowest BCUT2D eigenvalue weighted by Gasteiger charge is -2.12. The van der Waals surface area contributed by atoms with Gasteiger partial charge in [-0.25, -0.2) is 0 Å². The second-order valence-electron chi connectivity index (χ2n) is 4.49. The number of hydrogen-bond acceptors (Lipinski definition) is 3. The van der Waals surface area contributed by atoms with E-state index in [4.69, 9.17) is 16.3 Å². The van der Waals surface area contributed by atoms with Crippen LogP contribution in [0.4, 0.5) is 0 Å². The molecular formula is C15H16ClNO2. The average Bonchev–Trinajstić information content (AvgIpc) is 2.74. The molecule has 2 unspecified atom stereocenters. The maximum Gasteiger partial charge on any atom is 0.153 e. The highest BCUT2D eigenvalue weighted by Gasteiger charge is 2.38. The van der Waals surface area contributed by atoms with E-state index in [0.717, 1.165) is 11.3 Å². The molecular weight excluding hydrogens is 262 g/mol. The van der Waals surface area contributed by atoms with Gasteiger partial charge in [0.15, 0.2) is 5.78 Å². The summed E-state index contributed by atoms with van der Waals surface area (Å²) in [5, 5.41) is 0.505. The number of Topliss-reactive ketones (excluding diaryl/α,β-unsaturated/α-hetero) is 1. The molecule has 2 rings (SSSR count). The Morgan fingerprint density at radius 3 is 2.79 bits per heavy atom. The Hall–Kier alpha value is -1.61. The zero-order valence-corrected chi connectivity index (χ0v) is 11.8. The second-order valence-corrected chi connectivity index (χ2v) is 4.90. The van der Waals surface area contributed by atoms with Gasteiger partial charge in [-0.05, 0) is 24.1 Å². The average molecular weight is 278 g/mol. The van der Waals surface area contributed by atoms with Crippen molar-refractivity contribution in [1.82, 2.24) is 0 Å². The first-order valence-electron chi connectivity index (χ1n) is 6.07. The molecule has 1 fully saturated rings. The fourth-order valence-electron chi connectivity index (χ4n) is 2.46. The molecule has 2 atom stereocenters. The summed E-state index contributed by atoms with van der Waals surface area (Å²) in [6.07, 6.45) is 2.34. The maximum absolute atomic E-state index is 12.3. The molecule has 1 aliphatic rings. The summed E-state index contributed by atoms with van der Waals surface area (Å²) >= 11 is 6.12. The molecule has 100 valence electrons. The van der Waals surface area contributed by atoms with Crippen LogP contribution in [-0.2, 0) is 4.79 Å². The van der Waals surface area contributed by atoms with Crippen LogP contribution < -0.4 is 4.74 Å². The van der Waals surface area contributed by atoms with E-state index in [0.29, 0.717) is 17.2 Å². The Morgan fingerprint density at radius 1 is 1.53 bits per heavy atom.